The maximum absolute atomic E-state index is 5.32. The van der Waals surface area contributed by atoms with Crippen LogP contribution in [-0.2, 0) is 0 Å². The van der Waals surface area contributed by atoms with Crippen LogP contribution in [-0.4, -0.2) is 11.7 Å². The molecule has 0 radical (unpaired) electrons. The van der Waals surface area contributed by atoms with E-state index >= 15 is 0 Å². The van der Waals surface area contributed by atoms with E-state index in [-0.39, 0.29) is 0 Å². The van der Waals surface area contributed by atoms with Crippen molar-refractivity contribution in [1.82, 2.24) is 0 Å². The first-order valence-electron chi connectivity index (χ1n) is 11.1. The molecular weight excluding hydrogens is 309 g/mol. The van der Waals surface area contributed by atoms with Gasteiger partial charge in [0.25, 0.3) is 0 Å². The van der Waals surface area contributed by atoms with E-state index in [1.165, 1.54) is 53.3 Å². The van der Waals surface area contributed by atoms with Gasteiger partial charge in [0.2, 0.25) is 0 Å². The highest BCUT2D eigenvalue weighted by atomic mass is 31.1. The molecule has 5 aliphatic rings. The predicted octanol–water partition coefficient (Wildman–Crippen LogP) is 6.79. The molecule has 0 aromatic heterocycles. The van der Waals surface area contributed by atoms with Gasteiger partial charge in [-0.1, -0.05) is 39.5 Å². The molecule has 4 fully saturated rings. The molecule has 0 saturated heterocycles. The van der Waals surface area contributed by atoms with Crippen LogP contribution in [0.2, 0.25) is 0 Å². The van der Waals surface area contributed by atoms with Gasteiger partial charge in [-0.25, -0.2) is 0 Å². The van der Waals surface area contributed by atoms with E-state index in [1.807, 2.05) is 0 Å². The average molecular weight is 346 g/mol. The average Bonchev–Trinajstić information content (AvgIpc) is 2.62. The van der Waals surface area contributed by atoms with Gasteiger partial charge >= 0.3 is 0 Å². The Balaban J connectivity index is 1.51. The van der Waals surface area contributed by atoms with Crippen LogP contribution in [0.3, 0.4) is 0 Å². The Morgan fingerprint density at radius 2 is 1.21 bits per heavy atom. The molecule has 0 N–H and O–H groups in total. The van der Waals surface area contributed by atoms with Gasteiger partial charge in [-0.15, -0.1) is 0 Å². The van der Waals surface area contributed by atoms with E-state index in [0.717, 1.165) is 59.0 Å². The molecule has 4 saturated carbocycles. The first-order valence-corrected chi connectivity index (χ1v) is 12.1. The number of hydrogen-bond acceptors (Lipinski definition) is 1. The van der Waals surface area contributed by atoms with Crippen LogP contribution in [0.1, 0.15) is 78.1 Å². The van der Waals surface area contributed by atoms with E-state index in [4.69, 9.17) is 4.74 Å². The Kier molecular flexibility index (Phi) is 4.32. The van der Waals surface area contributed by atoms with Crippen LogP contribution < -0.4 is 0 Å². The zero-order valence-electron chi connectivity index (χ0n) is 15.7. The third-order valence-corrected chi connectivity index (χ3v) is 10.4. The summed E-state index contributed by atoms with van der Waals surface area (Å²) in [6, 6.07) is 0.734. The van der Waals surface area contributed by atoms with Crippen LogP contribution in [0, 0.1) is 47.3 Å². The number of fused-ring (bicyclic) bond motifs is 7. The minimum atomic E-state index is 0.734. The summed E-state index contributed by atoms with van der Waals surface area (Å²) in [5.74, 6) is 8.17. The summed E-state index contributed by atoms with van der Waals surface area (Å²) in [5, 5.41) is 0. The van der Waals surface area contributed by atoms with Crippen molar-refractivity contribution in [2.24, 2.45) is 52.1 Å². The molecule has 5 rings (SSSR count). The summed E-state index contributed by atoms with van der Waals surface area (Å²) in [6.07, 6.45) is 15.2. The third kappa shape index (κ3) is 2.47. The van der Waals surface area contributed by atoms with E-state index in [9.17, 15) is 0 Å². The van der Waals surface area contributed by atoms with E-state index in [0.29, 0.717) is 0 Å². The summed E-state index contributed by atoms with van der Waals surface area (Å²) in [7, 11) is 1.50. The van der Waals surface area contributed by atoms with Crippen LogP contribution in [0.5, 0.6) is 0 Å². The zero-order chi connectivity index (χ0) is 16.3. The smallest absolute Gasteiger partial charge is 0.0579 e. The summed E-state index contributed by atoms with van der Waals surface area (Å²) in [4.78, 5) is 0. The Morgan fingerprint density at radius 3 is 1.88 bits per heavy atom. The molecule has 0 aromatic rings. The molecule has 0 spiro atoms. The maximum Gasteiger partial charge on any atom is 0.0579 e. The summed E-state index contributed by atoms with van der Waals surface area (Å²) in [6.45, 7) is 5.14. The SMILES string of the molecule is CC1CC2N=PC3CC(C)C4CCCCC4C3C2C2CCCCC12. The summed E-state index contributed by atoms with van der Waals surface area (Å²) >= 11 is 0. The zero-order valence-corrected chi connectivity index (χ0v) is 16.6. The van der Waals surface area contributed by atoms with Gasteiger partial charge in [0.05, 0.1) is 6.04 Å². The first-order chi connectivity index (χ1) is 11.7. The van der Waals surface area contributed by atoms with Crippen molar-refractivity contribution < 1.29 is 0 Å². The van der Waals surface area contributed by atoms with Crippen molar-refractivity contribution in [3.63, 3.8) is 0 Å². The number of rotatable bonds is 0. The molecule has 2 heteroatoms. The Morgan fingerprint density at radius 1 is 0.667 bits per heavy atom. The quantitative estimate of drug-likeness (QED) is 0.428. The van der Waals surface area contributed by atoms with Gasteiger partial charge in [0.15, 0.2) is 0 Å². The topological polar surface area (TPSA) is 12.4 Å². The Labute approximate surface area is 150 Å². The molecule has 0 amide bonds. The molecule has 0 aromatic carbocycles. The van der Waals surface area contributed by atoms with Crippen LogP contribution >= 0.6 is 8.37 Å². The second kappa shape index (κ2) is 6.37. The molecule has 1 heterocycles. The molecule has 4 aliphatic carbocycles. The van der Waals surface area contributed by atoms with Crippen LogP contribution in [0.25, 0.3) is 0 Å². The van der Waals surface area contributed by atoms with Crippen molar-refractivity contribution in [1.29, 1.82) is 0 Å². The third-order valence-electron chi connectivity index (χ3n) is 9.12. The Bertz CT molecular complexity index is 458. The molecule has 24 heavy (non-hydrogen) atoms. The highest BCUT2D eigenvalue weighted by molar-refractivity contribution is 7.27. The fourth-order valence-electron chi connectivity index (χ4n) is 8.25. The standard InChI is InChI=1S/C22H36NP/c1-13-11-19-21(17-9-5-3-7-15(13)17)22-18-10-6-4-8-16(18)14(2)12-20(22)24-23-19/h13-22H,3-12H2,1-2H3. The van der Waals surface area contributed by atoms with Crippen molar-refractivity contribution in [2.75, 3.05) is 0 Å². The molecule has 134 valence electrons. The van der Waals surface area contributed by atoms with Gasteiger partial charge in [-0.2, -0.15) is 0 Å². The summed E-state index contributed by atoms with van der Waals surface area (Å²) < 4.78 is 5.32. The molecule has 10 unspecified atom stereocenters. The molecule has 0 bridgehead atoms. The monoisotopic (exact) mass is 345 g/mol. The van der Waals surface area contributed by atoms with Gasteiger partial charge in [0.1, 0.15) is 0 Å². The lowest BCUT2D eigenvalue weighted by Gasteiger charge is -2.58. The van der Waals surface area contributed by atoms with Crippen molar-refractivity contribution in [3.05, 3.63) is 0 Å². The minimum Gasteiger partial charge on any atom is -0.265 e. The minimum absolute atomic E-state index is 0.734. The van der Waals surface area contributed by atoms with Crippen molar-refractivity contribution in [3.8, 4) is 0 Å². The largest absolute Gasteiger partial charge is 0.265 e. The highest BCUT2D eigenvalue weighted by Gasteiger charge is 2.55. The number of hydrogen-bond donors (Lipinski definition) is 0. The molecule has 10 atom stereocenters. The lowest BCUT2D eigenvalue weighted by Crippen LogP contribution is -2.55. The predicted molar refractivity (Wildman–Crippen MR) is 102 cm³/mol. The molecule has 1 aliphatic heterocycles. The van der Waals surface area contributed by atoms with Crippen molar-refractivity contribution in [2.45, 2.75) is 89.8 Å². The van der Waals surface area contributed by atoms with Crippen LogP contribution in [0.4, 0.5) is 0 Å². The maximum atomic E-state index is 5.32. The lowest BCUT2D eigenvalue weighted by atomic mass is 9.50. The Hall–Kier alpha value is 0.100. The van der Waals surface area contributed by atoms with Gasteiger partial charge in [-0.05, 0) is 85.9 Å². The second-order valence-electron chi connectivity index (χ2n) is 10.2. The van der Waals surface area contributed by atoms with E-state index in [2.05, 4.69) is 13.8 Å². The fraction of sp³-hybridized carbons (Fsp3) is 1.00. The van der Waals surface area contributed by atoms with E-state index < -0.39 is 0 Å². The number of nitrogens with zero attached hydrogens (tertiary/aromatic N) is 1. The summed E-state index contributed by atoms with van der Waals surface area (Å²) in [5.41, 5.74) is 0.927. The second-order valence-corrected chi connectivity index (χ2v) is 11.3. The van der Waals surface area contributed by atoms with Crippen molar-refractivity contribution >= 4 is 8.37 Å². The van der Waals surface area contributed by atoms with Gasteiger partial charge in [-0.3, -0.25) is 4.74 Å². The van der Waals surface area contributed by atoms with Gasteiger partial charge in [0, 0.05) is 14.0 Å². The van der Waals surface area contributed by atoms with Gasteiger partial charge < -0.3 is 0 Å². The molecular formula is C22H36NP. The highest BCUT2D eigenvalue weighted by Crippen LogP contribution is 2.61. The lowest BCUT2D eigenvalue weighted by molar-refractivity contribution is -0.0507. The fourth-order valence-corrected chi connectivity index (χ4v) is 9.84. The molecule has 1 nitrogen and oxygen atoms in total. The van der Waals surface area contributed by atoms with Crippen LogP contribution in [0.15, 0.2) is 4.74 Å². The first kappa shape index (κ1) is 16.3. The van der Waals surface area contributed by atoms with E-state index in [1.54, 1.807) is 19.3 Å². The normalized spacial score (nSPS) is 57.2.